The summed E-state index contributed by atoms with van der Waals surface area (Å²) in [5, 5.41) is 0. The minimum Gasteiger partial charge on any atom is -0.345 e. The minimum atomic E-state index is -0.188. The Morgan fingerprint density at radius 3 is 2.27 bits per heavy atom. The van der Waals surface area contributed by atoms with E-state index in [9.17, 15) is 4.79 Å². The van der Waals surface area contributed by atoms with E-state index in [2.05, 4.69) is 4.90 Å². The standard InChI is InChI=1S/C11H23N3O/c1-13(2)7-4-8-14(3)10(15)11(9-12)5-6-11/h4-9,12H2,1-3H3. The van der Waals surface area contributed by atoms with Gasteiger partial charge in [0.05, 0.1) is 5.41 Å². The van der Waals surface area contributed by atoms with E-state index in [0.717, 1.165) is 32.4 Å². The fourth-order valence-electron chi connectivity index (χ4n) is 1.79. The molecule has 4 nitrogen and oxygen atoms in total. The summed E-state index contributed by atoms with van der Waals surface area (Å²) in [6.07, 6.45) is 2.97. The SMILES string of the molecule is CN(C)CCCN(C)C(=O)C1(CN)CC1. The van der Waals surface area contributed by atoms with Gasteiger partial charge in [-0.3, -0.25) is 4.79 Å². The third-order valence-corrected chi connectivity index (χ3v) is 3.14. The van der Waals surface area contributed by atoms with Crippen LogP contribution in [0, 0.1) is 5.41 Å². The summed E-state index contributed by atoms with van der Waals surface area (Å²) < 4.78 is 0. The maximum atomic E-state index is 12.0. The fraction of sp³-hybridized carbons (Fsp3) is 0.909. The van der Waals surface area contributed by atoms with Crippen LogP contribution in [0.2, 0.25) is 0 Å². The van der Waals surface area contributed by atoms with Crippen molar-refractivity contribution in [3.05, 3.63) is 0 Å². The molecule has 1 amide bonds. The lowest BCUT2D eigenvalue weighted by atomic mass is 10.1. The third-order valence-electron chi connectivity index (χ3n) is 3.14. The molecule has 88 valence electrons. The van der Waals surface area contributed by atoms with Crippen LogP contribution in [0.15, 0.2) is 0 Å². The molecule has 1 saturated carbocycles. The maximum Gasteiger partial charge on any atom is 0.229 e. The van der Waals surface area contributed by atoms with E-state index in [-0.39, 0.29) is 11.3 Å². The molecule has 0 aromatic heterocycles. The topological polar surface area (TPSA) is 49.6 Å². The van der Waals surface area contributed by atoms with Crippen LogP contribution in [0.25, 0.3) is 0 Å². The minimum absolute atomic E-state index is 0.188. The zero-order chi connectivity index (χ0) is 11.5. The Morgan fingerprint density at radius 2 is 1.87 bits per heavy atom. The smallest absolute Gasteiger partial charge is 0.229 e. The first-order chi connectivity index (χ1) is 7.02. The third kappa shape index (κ3) is 3.18. The van der Waals surface area contributed by atoms with Crippen molar-refractivity contribution in [3.63, 3.8) is 0 Å². The van der Waals surface area contributed by atoms with Gasteiger partial charge in [-0.15, -0.1) is 0 Å². The highest BCUT2D eigenvalue weighted by molar-refractivity contribution is 5.85. The predicted molar refractivity (Wildman–Crippen MR) is 61.5 cm³/mol. The number of carbonyl (C=O) groups excluding carboxylic acids is 1. The van der Waals surface area contributed by atoms with Gasteiger partial charge < -0.3 is 15.5 Å². The van der Waals surface area contributed by atoms with Crippen molar-refractivity contribution in [1.29, 1.82) is 0 Å². The number of rotatable bonds is 6. The lowest BCUT2D eigenvalue weighted by Gasteiger charge is -2.23. The number of nitrogens with two attached hydrogens (primary N) is 1. The van der Waals surface area contributed by atoms with Gasteiger partial charge in [0.15, 0.2) is 0 Å². The van der Waals surface area contributed by atoms with Crippen LogP contribution in [-0.4, -0.2) is 56.5 Å². The van der Waals surface area contributed by atoms with Crippen molar-refractivity contribution >= 4 is 5.91 Å². The maximum absolute atomic E-state index is 12.0. The lowest BCUT2D eigenvalue weighted by Crippen LogP contribution is -2.39. The summed E-state index contributed by atoms with van der Waals surface area (Å²) in [5.74, 6) is 0.240. The van der Waals surface area contributed by atoms with Crippen LogP contribution >= 0.6 is 0 Å². The molecule has 0 unspecified atom stereocenters. The van der Waals surface area contributed by atoms with Crippen molar-refractivity contribution in [2.45, 2.75) is 19.3 Å². The Balaban J connectivity index is 2.28. The average Bonchev–Trinajstić information content (AvgIpc) is 2.96. The summed E-state index contributed by atoms with van der Waals surface area (Å²) in [4.78, 5) is 15.9. The molecule has 2 N–H and O–H groups in total. The second-order valence-electron chi connectivity index (χ2n) is 4.87. The number of carbonyl (C=O) groups is 1. The summed E-state index contributed by atoms with van der Waals surface area (Å²) in [6, 6.07) is 0. The van der Waals surface area contributed by atoms with Crippen molar-refractivity contribution in [3.8, 4) is 0 Å². The number of hydrogen-bond donors (Lipinski definition) is 1. The van der Waals surface area contributed by atoms with E-state index in [1.54, 1.807) is 0 Å². The Bertz CT molecular complexity index is 224. The molecule has 1 fully saturated rings. The highest BCUT2D eigenvalue weighted by Gasteiger charge is 2.49. The fourth-order valence-corrected chi connectivity index (χ4v) is 1.79. The van der Waals surface area contributed by atoms with Gasteiger partial charge in [-0.2, -0.15) is 0 Å². The largest absolute Gasteiger partial charge is 0.345 e. The molecule has 1 rings (SSSR count). The molecule has 0 aliphatic heterocycles. The van der Waals surface area contributed by atoms with Crippen molar-refractivity contribution in [1.82, 2.24) is 9.80 Å². The predicted octanol–water partition coefficient (Wildman–Crippen LogP) is 0.135. The Morgan fingerprint density at radius 1 is 1.27 bits per heavy atom. The normalized spacial score (nSPS) is 17.9. The van der Waals surface area contributed by atoms with Gasteiger partial charge in [-0.05, 0) is 39.9 Å². The molecule has 0 aromatic rings. The molecule has 0 radical (unpaired) electrons. The molecule has 0 atom stereocenters. The zero-order valence-electron chi connectivity index (χ0n) is 10.1. The van der Waals surface area contributed by atoms with Crippen LogP contribution < -0.4 is 5.73 Å². The van der Waals surface area contributed by atoms with E-state index in [1.165, 1.54) is 0 Å². The highest BCUT2D eigenvalue weighted by atomic mass is 16.2. The molecular weight excluding hydrogens is 190 g/mol. The number of hydrogen-bond acceptors (Lipinski definition) is 3. The monoisotopic (exact) mass is 213 g/mol. The van der Waals surface area contributed by atoms with Crippen molar-refractivity contribution in [2.24, 2.45) is 11.1 Å². The van der Waals surface area contributed by atoms with Gasteiger partial charge in [-0.25, -0.2) is 0 Å². The zero-order valence-corrected chi connectivity index (χ0v) is 10.1. The Kier molecular flexibility index (Phi) is 4.11. The van der Waals surface area contributed by atoms with Crippen LogP contribution in [0.5, 0.6) is 0 Å². The molecule has 15 heavy (non-hydrogen) atoms. The van der Waals surface area contributed by atoms with E-state index in [4.69, 9.17) is 5.73 Å². The molecular formula is C11H23N3O. The second kappa shape index (κ2) is 4.94. The van der Waals surface area contributed by atoms with Crippen LogP contribution in [0.1, 0.15) is 19.3 Å². The summed E-state index contributed by atoms with van der Waals surface area (Å²) in [7, 11) is 5.97. The first-order valence-electron chi connectivity index (χ1n) is 5.62. The summed E-state index contributed by atoms with van der Waals surface area (Å²) >= 11 is 0. The van der Waals surface area contributed by atoms with Crippen molar-refractivity contribution in [2.75, 3.05) is 40.8 Å². The molecule has 0 saturated heterocycles. The quantitative estimate of drug-likeness (QED) is 0.682. The van der Waals surface area contributed by atoms with Crippen molar-refractivity contribution < 1.29 is 4.79 Å². The van der Waals surface area contributed by atoms with Crippen LogP contribution in [0.3, 0.4) is 0 Å². The molecule has 0 spiro atoms. The molecule has 0 aromatic carbocycles. The second-order valence-corrected chi connectivity index (χ2v) is 4.87. The first kappa shape index (κ1) is 12.5. The summed E-state index contributed by atoms with van der Waals surface area (Å²) in [6.45, 7) is 2.36. The van der Waals surface area contributed by atoms with Gasteiger partial charge >= 0.3 is 0 Å². The van der Waals surface area contributed by atoms with E-state index in [0.29, 0.717) is 6.54 Å². The Hall–Kier alpha value is -0.610. The van der Waals surface area contributed by atoms with Crippen LogP contribution in [-0.2, 0) is 4.79 Å². The van der Waals surface area contributed by atoms with Gasteiger partial charge in [-0.1, -0.05) is 0 Å². The van der Waals surface area contributed by atoms with Crippen LogP contribution in [0.4, 0.5) is 0 Å². The molecule has 4 heteroatoms. The van der Waals surface area contributed by atoms with Gasteiger partial charge in [0.2, 0.25) is 5.91 Å². The van der Waals surface area contributed by atoms with E-state index < -0.39 is 0 Å². The molecule has 1 aliphatic rings. The van der Waals surface area contributed by atoms with E-state index >= 15 is 0 Å². The highest BCUT2D eigenvalue weighted by Crippen LogP contribution is 2.45. The molecule has 1 aliphatic carbocycles. The molecule has 0 heterocycles. The molecule has 0 bridgehead atoms. The first-order valence-corrected chi connectivity index (χ1v) is 5.62. The van der Waals surface area contributed by atoms with Gasteiger partial charge in [0, 0.05) is 20.1 Å². The Labute approximate surface area is 92.4 Å². The van der Waals surface area contributed by atoms with Gasteiger partial charge in [0.25, 0.3) is 0 Å². The number of amides is 1. The van der Waals surface area contributed by atoms with E-state index in [1.807, 2.05) is 26.0 Å². The van der Waals surface area contributed by atoms with Gasteiger partial charge in [0.1, 0.15) is 0 Å². The lowest BCUT2D eigenvalue weighted by molar-refractivity contribution is -0.135. The number of nitrogens with zero attached hydrogens (tertiary/aromatic N) is 2. The average molecular weight is 213 g/mol. The summed E-state index contributed by atoms with van der Waals surface area (Å²) in [5.41, 5.74) is 5.44.